The number of methoxy groups -OCH3 is 1. The van der Waals surface area contributed by atoms with E-state index in [0.717, 1.165) is 29.8 Å². The first-order chi connectivity index (χ1) is 25.8. The average molecular weight is 720 g/mol. The Hall–Kier alpha value is -5.69. The molecule has 0 aliphatic carbocycles. The fourth-order valence-electron chi connectivity index (χ4n) is 6.61. The minimum absolute atomic E-state index is 0.0561. The van der Waals surface area contributed by atoms with Crippen molar-refractivity contribution >= 4 is 34.3 Å². The van der Waals surface area contributed by atoms with Crippen molar-refractivity contribution < 1.29 is 29.3 Å². The number of hydrogen-bond acceptors (Lipinski definition) is 9. The summed E-state index contributed by atoms with van der Waals surface area (Å²) in [7, 11) is 1.56. The number of phenols is 1. The Labute approximate surface area is 307 Å². The zero-order chi connectivity index (χ0) is 37.2. The van der Waals surface area contributed by atoms with Crippen molar-refractivity contribution in [3.05, 3.63) is 119 Å². The molecule has 276 valence electrons. The molecule has 6 rings (SSSR count). The number of likely N-dealkylation sites (tertiary alicyclic amines) is 1. The highest BCUT2D eigenvalue weighted by Crippen LogP contribution is 2.30. The molecule has 1 aliphatic heterocycles. The molecule has 53 heavy (non-hydrogen) atoms. The Bertz CT molecular complexity index is 2080. The van der Waals surface area contributed by atoms with Gasteiger partial charge in [0.1, 0.15) is 17.6 Å². The molecule has 0 radical (unpaired) electrons. The van der Waals surface area contributed by atoms with Gasteiger partial charge in [-0.15, -0.1) is 0 Å². The number of rotatable bonds is 14. The van der Waals surface area contributed by atoms with Crippen LogP contribution in [-0.2, 0) is 16.0 Å². The lowest BCUT2D eigenvalue weighted by Gasteiger charge is -2.31. The van der Waals surface area contributed by atoms with E-state index in [1.807, 2.05) is 72.8 Å². The van der Waals surface area contributed by atoms with Gasteiger partial charge in [-0.2, -0.15) is 0 Å². The van der Waals surface area contributed by atoms with Crippen LogP contribution in [-0.4, -0.2) is 78.0 Å². The Morgan fingerprint density at radius 2 is 1.70 bits per heavy atom. The van der Waals surface area contributed by atoms with Crippen molar-refractivity contribution in [2.45, 2.75) is 37.9 Å². The molecule has 12 nitrogen and oxygen atoms in total. The monoisotopic (exact) mass is 719 g/mol. The first kappa shape index (κ1) is 37.1. The summed E-state index contributed by atoms with van der Waals surface area (Å²) in [6.45, 7) is 2.84. The molecule has 1 fully saturated rings. The predicted octanol–water partition coefficient (Wildman–Crippen LogP) is 5.82. The normalized spacial score (nSPS) is 14.1. The number of pyridine rings is 1. The largest absolute Gasteiger partial charge is 0.506 e. The average Bonchev–Trinajstić information content (AvgIpc) is 3.17. The van der Waals surface area contributed by atoms with Gasteiger partial charge in [-0.1, -0.05) is 60.7 Å². The highest BCUT2D eigenvalue weighted by molar-refractivity contribution is 5.93. The molecular formula is C41H45N5O7. The molecule has 6 N–H and O–H groups in total. The van der Waals surface area contributed by atoms with E-state index in [4.69, 9.17) is 9.47 Å². The number of hydrogen-bond donors (Lipinski definition) is 6. The lowest BCUT2D eigenvalue weighted by atomic mass is 10.0. The molecule has 0 unspecified atom stereocenters. The summed E-state index contributed by atoms with van der Waals surface area (Å²) >= 11 is 0. The number of para-hydroxylation sites is 1. The topological polar surface area (TPSA) is 165 Å². The molecule has 0 spiro atoms. The summed E-state index contributed by atoms with van der Waals surface area (Å²) in [5.41, 5.74) is 4.75. The fraction of sp³-hybridized carbons (Fsp3) is 0.293. The van der Waals surface area contributed by atoms with E-state index < -0.39 is 12.2 Å². The number of H-pyrrole nitrogens is 1. The van der Waals surface area contributed by atoms with E-state index in [1.54, 1.807) is 19.2 Å². The number of aromatic amines is 1. The van der Waals surface area contributed by atoms with Gasteiger partial charge in [0, 0.05) is 49.6 Å². The van der Waals surface area contributed by atoms with Gasteiger partial charge in [0.25, 0.3) is 0 Å². The van der Waals surface area contributed by atoms with E-state index >= 15 is 0 Å². The summed E-state index contributed by atoms with van der Waals surface area (Å²) in [6.07, 6.45) is 0.769. The second kappa shape index (κ2) is 17.7. The molecule has 12 heteroatoms. The van der Waals surface area contributed by atoms with Gasteiger partial charge in [0.05, 0.1) is 30.1 Å². The molecule has 2 heterocycles. The number of aromatic hydroxyl groups is 1. The second-order valence-electron chi connectivity index (χ2n) is 13.1. The van der Waals surface area contributed by atoms with E-state index in [-0.39, 0.29) is 29.9 Å². The number of amides is 2. The number of nitrogens with one attached hydrogen (secondary N) is 4. The number of nitrogens with zero attached hydrogens (tertiary/aromatic N) is 1. The van der Waals surface area contributed by atoms with E-state index in [1.165, 1.54) is 12.1 Å². The maximum absolute atomic E-state index is 13.0. The number of benzene rings is 4. The Morgan fingerprint density at radius 3 is 2.49 bits per heavy atom. The minimum Gasteiger partial charge on any atom is -0.506 e. The van der Waals surface area contributed by atoms with Crippen LogP contribution < -0.4 is 26.2 Å². The van der Waals surface area contributed by atoms with Gasteiger partial charge in [0.15, 0.2) is 0 Å². The third-order valence-electron chi connectivity index (χ3n) is 9.44. The lowest BCUT2D eigenvalue weighted by molar-refractivity contribution is -0.116. The number of ether oxygens (including phenoxy) is 2. The SMILES string of the molecule is COc1ccc(CCNC[C@H](O)c2ccc(O)c3[nH]c(=O)ccc23)cc1NC(=O)CCN1CCC(OC(=O)Nc2ccccc2-c2ccccc2)CC1. The third kappa shape index (κ3) is 9.80. The van der Waals surface area contributed by atoms with Crippen LogP contribution in [0.2, 0.25) is 0 Å². The van der Waals surface area contributed by atoms with Gasteiger partial charge in [0.2, 0.25) is 11.5 Å². The van der Waals surface area contributed by atoms with Crippen LogP contribution in [0.5, 0.6) is 11.5 Å². The van der Waals surface area contributed by atoms with Crippen LogP contribution in [0, 0.1) is 0 Å². The molecule has 0 bridgehead atoms. The van der Waals surface area contributed by atoms with Gasteiger partial charge < -0.3 is 40.2 Å². The van der Waals surface area contributed by atoms with E-state index in [0.29, 0.717) is 72.4 Å². The van der Waals surface area contributed by atoms with Crippen LogP contribution in [0.25, 0.3) is 22.0 Å². The number of carbonyl (C=O) groups is 2. The van der Waals surface area contributed by atoms with Crippen molar-refractivity contribution in [1.29, 1.82) is 0 Å². The molecule has 0 saturated carbocycles. The van der Waals surface area contributed by atoms with Crippen molar-refractivity contribution in [1.82, 2.24) is 15.2 Å². The number of aromatic nitrogens is 1. The highest BCUT2D eigenvalue weighted by atomic mass is 16.6. The van der Waals surface area contributed by atoms with E-state index in [2.05, 4.69) is 25.8 Å². The summed E-state index contributed by atoms with van der Waals surface area (Å²) in [5.74, 6) is 0.378. The molecule has 1 atom stereocenters. The van der Waals surface area contributed by atoms with Gasteiger partial charge in [-0.25, -0.2) is 4.79 Å². The van der Waals surface area contributed by atoms with Crippen LogP contribution in [0.4, 0.5) is 16.2 Å². The number of aliphatic hydroxyl groups is 1. The number of anilines is 2. The number of aliphatic hydroxyl groups excluding tert-OH is 1. The van der Waals surface area contributed by atoms with Gasteiger partial charge in [-0.05, 0) is 72.8 Å². The maximum Gasteiger partial charge on any atom is 0.411 e. The van der Waals surface area contributed by atoms with Crippen molar-refractivity contribution in [2.24, 2.45) is 0 Å². The van der Waals surface area contributed by atoms with Crippen molar-refractivity contribution in [3.63, 3.8) is 0 Å². The maximum atomic E-state index is 13.0. The lowest BCUT2D eigenvalue weighted by Crippen LogP contribution is -2.39. The van der Waals surface area contributed by atoms with E-state index in [9.17, 15) is 24.6 Å². The molecule has 1 aromatic heterocycles. The summed E-state index contributed by atoms with van der Waals surface area (Å²) in [5, 5.41) is 30.7. The minimum atomic E-state index is -0.860. The summed E-state index contributed by atoms with van der Waals surface area (Å²) < 4.78 is 11.3. The summed E-state index contributed by atoms with van der Waals surface area (Å²) in [6, 6.07) is 29.2. The second-order valence-corrected chi connectivity index (χ2v) is 13.1. The van der Waals surface area contributed by atoms with Crippen LogP contribution in [0.3, 0.4) is 0 Å². The third-order valence-corrected chi connectivity index (χ3v) is 9.44. The van der Waals surface area contributed by atoms with Crippen molar-refractivity contribution in [3.8, 4) is 22.6 Å². The van der Waals surface area contributed by atoms with Gasteiger partial charge in [-0.3, -0.25) is 14.9 Å². The molecule has 4 aromatic carbocycles. The fourth-order valence-corrected chi connectivity index (χ4v) is 6.61. The molecular weight excluding hydrogens is 674 g/mol. The number of fused-ring (bicyclic) bond motifs is 1. The molecule has 1 aliphatic rings. The van der Waals surface area contributed by atoms with Gasteiger partial charge >= 0.3 is 6.09 Å². The van der Waals surface area contributed by atoms with Crippen molar-refractivity contribution in [2.75, 3.05) is 50.5 Å². The van der Waals surface area contributed by atoms with Crippen LogP contribution >= 0.6 is 0 Å². The number of piperidine rings is 1. The smallest absolute Gasteiger partial charge is 0.411 e. The van der Waals surface area contributed by atoms with Crippen LogP contribution in [0.15, 0.2) is 102 Å². The zero-order valence-electron chi connectivity index (χ0n) is 29.6. The Morgan fingerprint density at radius 1 is 0.925 bits per heavy atom. The number of carbonyl (C=O) groups excluding carboxylic acids is 2. The molecule has 5 aromatic rings. The standard InChI is InChI=1S/C41H45N5O7/c1-52-37-15-11-27(17-21-42-26-36(48)31-12-14-35(47)40-32(31)13-16-38(49)45-40)25-34(37)43-39(50)20-24-46-22-18-29(19-23-46)53-41(51)44-33-10-6-5-9-30(33)28-7-3-2-4-8-28/h2-16,25,29,36,42,47-48H,17-24,26H2,1H3,(H,43,50)(H,44,51)(H,45,49)/t36-/m0/s1. The Kier molecular flexibility index (Phi) is 12.4. The first-order valence-electron chi connectivity index (χ1n) is 17.8. The molecule has 1 saturated heterocycles. The predicted molar refractivity (Wildman–Crippen MR) is 205 cm³/mol. The highest BCUT2D eigenvalue weighted by Gasteiger charge is 2.23. The summed E-state index contributed by atoms with van der Waals surface area (Å²) in [4.78, 5) is 42.3. The first-order valence-corrected chi connectivity index (χ1v) is 17.8. The zero-order valence-corrected chi connectivity index (χ0v) is 29.6. The molecule has 2 amide bonds. The van der Waals surface area contributed by atoms with Crippen LogP contribution in [0.1, 0.15) is 36.5 Å². The quantitative estimate of drug-likeness (QED) is 0.0777. The Balaban J connectivity index is 0.924. The number of phenolic OH excluding ortho intramolecular Hbond substituents is 1.